The summed E-state index contributed by atoms with van der Waals surface area (Å²) in [6.45, 7) is 8.55. The number of hydrogen-bond acceptors (Lipinski definition) is 8. The zero-order chi connectivity index (χ0) is 29.5. The monoisotopic (exact) mass is 571 g/mol. The zero-order valence-electron chi connectivity index (χ0n) is 23.3. The quantitative estimate of drug-likeness (QED) is 0.360. The summed E-state index contributed by atoms with van der Waals surface area (Å²) in [6.07, 6.45) is -4.07. The summed E-state index contributed by atoms with van der Waals surface area (Å²) in [5.74, 6) is 0.419. The van der Waals surface area contributed by atoms with E-state index in [2.05, 4.69) is 25.3 Å². The van der Waals surface area contributed by atoms with Gasteiger partial charge in [0.25, 0.3) is 11.1 Å². The molecule has 0 saturated carbocycles. The molecular weight excluding hydrogens is 539 g/mol. The van der Waals surface area contributed by atoms with Gasteiger partial charge in [0.05, 0.1) is 12.5 Å². The molecule has 1 N–H and O–H groups in total. The van der Waals surface area contributed by atoms with Gasteiger partial charge >= 0.3 is 6.18 Å². The molecule has 4 heterocycles. The molecule has 1 fully saturated rings. The molecule has 3 aromatic heterocycles. The van der Waals surface area contributed by atoms with Gasteiger partial charge in [-0.15, -0.1) is 5.10 Å². The molecular formula is C27H32F3N9O2. The van der Waals surface area contributed by atoms with Crippen LogP contribution in [0.5, 0.6) is 0 Å². The van der Waals surface area contributed by atoms with Crippen molar-refractivity contribution in [3.8, 4) is 5.82 Å². The lowest BCUT2D eigenvalue weighted by molar-refractivity contribution is -0.127. The lowest BCUT2D eigenvalue weighted by Crippen LogP contribution is -2.45. The number of rotatable bonds is 7. The van der Waals surface area contributed by atoms with Crippen LogP contribution in [0.2, 0.25) is 0 Å². The van der Waals surface area contributed by atoms with Crippen LogP contribution in [0, 0.1) is 0 Å². The van der Waals surface area contributed by atoms with Gasteiger partial charge in [-0.1, -0.05) is 0 Å². The highest BCUT2D eigenvalue weighted by atomic mass is 19.4. The smallest absolute Gasteiger partial charge is 0.369 e. The lowest BCUT2D eigenvalue weighted by atomic mass is 10.1. The second-order valence-electron chi connectivity index (χ2n) is 10.4. The van der Waals surface area contributed by atoms with E-state index in [1.807, 2.05) is 25.8 Å². The van der Waals surface area contributed by atoms with Crippen molar-refractivity contribution in [1.82, 2.24) is 34.0 Å². The highest BCUT2D eigenvalue weighted by molar-refractivity contribution is 5.77. The maximum Gasteiger partial charge on any atom is 0.393 e. The summed E-state index contributed by atoms with van der Waals surface area (Å²) < 4.78 is 44.9. The summed E-state index contributed by atoms with van der Waals surface area (Å²) in [6, 6.07) is 7.54. The van der Waals surface area contributed by atoms with Crippen molar-refractivity contribution in [1.29, 1.82) is 0 Å². The molecule has 41 heavy (non-hydrogen) atoms. The third kappa shape index (κ3) is 5.82. The Balaban J connectivity index is 1.55. The standard InChI is InChI=1S/C27H32F3N9O2/c1-5-37-25(41)20-16-31-26(33-24(20)39(37)22-8-9-23(40)38(34-22)17(2)3)32-19-6-7-21(18(14-19)15-27(28,29)30)36-12-10-35(4)11-13-36/h6-9,14,16-17H,5,10-13,15H2,1-4H3,(H,31,32,33). The minimum absolute atomic E-state index is 0.0991. The lowest BCUT2D eigenvalue weighted by Gasteiger charge is -2.35. The molecule has 11 nitrogen and oxygen atoms in total. The highest BCUT2D eigenvalue weighted by Gasteiger charge is 2.30. The summed E-state index contributed by atoms with van der Waals surface area (Å²) >= 11 is 0. The Morgan fingerprint density at radius 2 is 1.78 bits per heavy atom. The molecule has 0 amide bonds. The number of aromatic nitrogens is 6. The maximum atomic E-state index is 13.5. The van der Waals surface area contributed by atoms with E-state index in [0.717, 1.165) is 13.1 Å². The van der Waals surface area contributed by atoms with Gasteiger partial charge in [0.1, 0.15) is 5.39 Å². The molecule has 1 saturated heterocycles. The van der Waals surface area contributed by atoms with E-state index < -0.39 is 12.6 Å². The molecule has 218 valence electrons. The summed E-state index contributed by atoms with van der Waals surface area (Å²) in [5, 5.41) is 7.69. The Morgan fingerprint density at radius 3 is 2.44 bits per heavy atom. The number of likely N-dealkylation sites (N-methyl/N-ethyl adjacent to an activating group) is 1. The number of nitrogens with zero attached hydrogens (tertiary/aromatic N) is 8. The van der Waals surface area contributed by atoms with Crippen molar-refractivity contribution in [3.05, 3.63) is 62.8 Å². The van der Waals surface area contributed by atoms with Gasteiger partial charge in [-0.3, -0.25) is 9.59 Å². The number of nitrogens with one attached hydrogen (secondary N) is 1. The number of piperazine rings is 1. The topological polar surface area (TPSA) is 106 Å². The van der Waals surface area contributed by atoms with E-state index in [9.17, 15) is 22.8 Å². The van der Waals surface area contributed by atoms with E-state index in [4.69, 9.17) is 0 Å². The van der Waals surface area contributed by atoms with Crippen molar-refractivity contribution in [3.63, 3.8) is 0 Å². The fraction of sp³-hybridized carbons (Fsp3) is 0.444. The van der Waals surface area contributed by atoms with E-state index in [0.29, 0.717) is 36.8 Å². The van der Waals surface area contributed by atoms with Gasteiger partial charge in [-0.05, 0) is 57.6 Å². The summed E-state index contributed by atoms with van der Waals surface area (Å²) in [4.78, 5) is 38.4. The van der Waals surface area contributed by atoms with Gasteiger partial charge in [-0.2, -0.15) is 18.2 Å². The molecule has 0 bridgehead atoms. The van der Waals surface area contributed by atoms with Crippen LogP contribution >= 0.6 is 0 Å². The van der Waals surface area contributed by atoms with Crippen LogP contribution in [0.4, 0.5) is 30.5 Å². The molecule has 0 atom stereocenters. The molecule has 0 aliphatic carbocycles. The first-order valence-electron chi connectivity index (χ1n) is 13.4. The van der Waals surface area contributed by atoms with Crippen LogP contribution in [0.15, 0.2) is 46.1 Å². The number of benzene rings is 1. The Bertz CT molecular complexity index is 1680. The molecule has 0 unspecified atom stereocenters. The normalized spacial score (nSPS) is 14.8. The van der Waals surface area contributed by atoms with Gasteiger partial charge in [0.2, 0.25) is 5.95 Å². The van der Waals surface area contributed by atoms with E-state index in [1.54, 1.807) is 19.1 Å². The minimum atomic E-state index is -4.38. The number of hydrogen-bond donors (Lipinski definition) is 1. The molecule has 5 rings (SSSR count). The number of alkyl halides is 3. The second-order valence-corrected chi connectivity index (χ2v) is 10.4. The van der Waals surface area contributed by atoms with Crippen molar-refractivity contribution in [2.75, 3.05) is 43.4 Å². The molecule has 4 aromatic rings. The van der Waals surface area contributed by atoms with Crippen molar-refractivity contribution < 1.29 is 13.2 Å². The van der Waals surface area contributed by atoms with E-state index in [-0.39, 0.29) is 39.7 Å². The van der Waals surface area contributed by atoms with Crippen LogP contribution < -0.4 is 21.3 Å². The Kier molecular flexibility index (Phi) is 7.60. The number of anilines is 3. The Labute approximate surface area is 233 Å². The first kappa shape index (κ1) is 28.3. The number of halogens is 3. The first-order chi connectivity index (χ1) is 19.4. The van der Waals surface area contributed by atoms with Crippen LogP contribution in [0.3, 0.4) is 0 Å². The van der Waals surface area contributed by atoms with Gasteiger partial charge in [0, 0.05) is 56.4 Å². The first-order valence-corrected chi connectivity index (χ1v) is 13.4. The highest BCUT2D eigenvalue weighted by Crippen LogP contribution is 2.32. The third-order valence-electron chi connectivity index (χ3n) is 7.06. The molecule has 0 spiro atoms. The molecule has 1 aromatic carbocycles. The average Bonchev–Trinajstić information content (AvgIpc) is 3.19. The molecule has 1 aliphatic heterocycles. The van der Waals surface area contributed by atoms with Gasteiger partial charge in [-0.25, -0.2) is 19.0 Å². The second kappa shape index (κ2) is 11.0. The molecule has 1 aliphatic rings. The summed E-state index contributed by atoms with van der Waals surface area (Å²) in [7, 11) is 1.99. The van der Waals surface area contributed by atoms with Crippen LogP contribution in [0.25, 0.3) is 16.9 Å². The number of fused-ring (bicyclic) bond motifs is 1. The maximum absolute atomic E-state index is 13.5. The SMILES string of the molecule is CCn1c(=O)c2cnc(Nc3ccc(N4CCN(C)CC4)c(CC(F)(F)F)c3)nc2n1-c1ccc(=O)n(C(C)C)n1. The molecule has 14 heteroatoms. The third-order valence-corrected chi connectivity index (χ3v) is 7.06. The molecule has 0 radical (unpaired) electrons. The van der Waals surface area contributed by atoms with Crippen molar-refractivity contribution in [2.45, 2.75) is 46.0 Å². The average molecular weight is 572 g/mol. The van der Waals surface area contributed by atoms with Gasteiger partial charge < -0.3 is 15.1 Å². The van der Waals surface area contributed by atoms with Crippen LogP contribution in [-0.4, -0.2) is 73.4 Å². The Hall–Kier alpha value is -4.20. The minimum Gasteiger partial charge on any atom is -0.369 e. The zero-order valence-corrected chi connectivity index (χ0v) is 23.3. The fourth-order valence-electron chi connectivity index (χ4n) is 5.01. The van der Waals surface area contributed by atoms with Crippen LogP contribution in [-0.2, 0) is 13.0 Å². The fourth-order valence-corrected chi connectivity index (χ4v) is 5.01. The summed E-state index contributed by atoms with van der Waals surface area (Å²) in [5.41, 5.74) is 0.733. The van der Waals surface area contributed by atoms with Crippen molar-refractivity contribution >= 4 is 28.4 Å². The van der Waals surface area contributed by atoms with Gasteiger partial charge in [0.15, 0.2) is 11.5 Å². The van der Waals surface area contributed by atoms with E-state index >= 15 is 0 Å². The largest absolute Gasteiger partial charge is 0.393 e. The Morgan fingerprint density at radius 1 is 1.05 bits per heavy atom. The van der Waals surface area contributed by atoms with E-state index in [1.165, 1.54) is 38.4 Å². The predicted molar refractivity (Wildman–Crippen MR) is 150 cm³/mol. The van der Waals surface area contributed by atoms with Crippen LogP contribution in [0.1, 0.15) is 32.4 Å². The van der Waals surface area contributed by atoms with Crippen molar-refractivity contribution in [2.24, 2.45) is 0 Å². The predicted octanol–water partition coefficient (Wildman–Crippen LogP) is 3.34.